The monoisotopic (exact) mass is 373 g/mol. The Morgan fingerprint density at radius 3 is 2.71 bits per heavy atom. The number of nitrogens with one attached hydrogen (secondary N) is 1. The van der Waals surface area contributed by atoms with Crippen LogP contribution in [0.25, 0.3) is 6.08 Å². The molecule has 0 atom stereocenters. The van der Waals surface area contributed by atoms with Gasteiger partial charge in [-0.1, -0.05) is 37.3 Å². The summed E-state index contributed by atoms with van der Waals surface area (Å²) in [6.07, 6.45) is 9.92. The first kappa shape index (κ1) is 19.2. The van der Waals surface area contributed by atoms with E-state index >= 15 is 0 Å². The van der Waals surface area contributed by atoms with Gasteiger partial charge in [0.25, 0.3) is 0 Å². The standard InChI is InChI=1S/C22H23N5O/c1-2-3-8-18-14-27-20(15-25-18)21(28)12-16-6-4-7-17(11-16)13-26-19-9-5-10-24-22(19)23/h3-11,14-15,26H,2,12-13H2,1H3,(H2,23,24)/b8-3-. The number of Topliss-reactive ketones (excluding diaryl/α,β-unsaturated/α-hetero) is 1. The minimum atomic E-state index is -0.0554. The summed E-state index contributed by atoms with van der Waals surface area (Å²) >= 11 is 0. The molecule has 0 aliphatic rings. The van der Waals surface area contributed by atoms with Crippen molar-refractivity contribution in [1.82, 2.24) is 15.0 Å². The zero-order chi connectivity index (χ0) is 19.8. The average molecular weight is 373 g/mol. The first-order valence-corrected chi connectivity index (χ1v) is 9.19. The lowest BCUT2D eigenvalue weighted by Gasteiger charge is -2.09. The highest BCUT2D eigenvalue weighted by Crippen LogP contribution is 2.16. The van der Waals surface area contributed by atoms with Gasteiger partial charge in [0.1, 0.15) is 11.5 Å². The van der Waals surface area contributed by atoms with Crippen molar-refractivity contribution in [2.24, 2.45) is 0 Å². The van der Waals surface area contributed by atoms with E-state index in [4.69, 9.17) is 5.73 Å². The molecule has 2 aromatic heterocycles. The summed E-state index contributed by atoms with van der Waals surface area (Å²) in [5.41, 5.74) is 9.75. The summed E-state index contributed by atoms with van der Waals surface area (Å²) < 4.78 is 0. The van der Waals surface area contributed by atoms with Crippen LogP contribution < -0.4 is 11.1 Å². The molecular formula is C22H23N5O. The van der Waals surface area contributed by atoms with Gasteiger partial charge in [-0.15, -0.1) is 0 Å². The third kappa shape index (κ3) is 5.23. The molecule has 6 heteroatoms. The van der Waals surface area contributed by atoms with Crippen LogP contribution in [0.4, 0.5) is 11.5 Å². The van der Waals surface area contributed by atoms with E-state index in [1.807, 2.05) is 48.6 Å². The van der Waals surface area contributed by atoms with Gasteiger partial charge in [0.2, 0.25) is 0 Å². The summed E-state index contributed by atoms with van der Waals surface area (Å²) in [7, 11) is 0. The van der Waals surface area contributed by atoms with Gasteiger partial charge in [0.15, 0.2) is 5.78 Å². The Bertz CT molecular complexity index is 967. The maximum Gasteiger partial charge on any atom is 0.187 e. The van der Waals surface area contributed by atoms with Crippen LogP contribution in [0.2, 0.25) is 0 Å². The molecule has 0 saturated carbocycles. The number of carbonyl (C=O) groups excluding carboxylic acids is 1. The van der Waals surface area contributed by atoms with Gasteiger partial charge in [0, 0.05) is 19.2 Å². The van der Waals surface area contributed by atoms with Gasteiger partial charge >= 0.3 is 0 Å². The molecule has 3 N–H and O–H groups in total. The molecule has 1 aromatic carbocycles. The molecule has 3 rings (SSSR count). The number of anilines is 2. The first-order valence-electron chi connectivity index (χ1n) is 9.19. The zero-order valence-corrected chi connectivity index (χ0v) is 15.8. The largest absolute Gasteiger partial charge is 0.382 e. The van der Waals surface area contributed by atoms with Gasteiger partial charge in [-0.3, -0.25) is 9.78 Å². The third-order valence-electron chi connectivity index (χ3n) is 4.16. The summed E-state index contributed by atoms with van der Waals surface area (Å²) in [4.78, 5) is 25.1. The second kappa shape index (κ2) is 9.41. The second-order valence-electron chi connectivity index (χ2n) is 6.35. The fourth-order valence-corrected chi connectivity index (χ4v) is 2.70. The number of rotatable bonds is 8. The van der Waals surface area contributed by atoms with Gasteiger partial charge in [0.05, 0.1) is 23.8 Å². The number of pyridine rings is 1. The van der Waals surface area contributed by atoms with Crippen molar-refractivity contribution in [2.45, 2.75) is 26.3 Å². The Morgan fingerprint density at radius 2 is 1.96 bits per heavy atom. The van der Waals surface area contributed by atoms with Crippen molar-refractivity contribution in [3.05, 3.63) is 83.6 Å². The minimum absolute atomic E-state index is 0.0554. The van der Waals surface area contributed by atoms with Crippen molar-refractivity contribution in [1.29, 1.82) is 0 Å². The molecule has 0 unspecified atom stereocenters. The predicted molar refractivity (Wildman–Crippen MR) is 112 cm³/mol. The summed E-state index contributed by atoms with van der Waals surface area (Å²) in [6.45, 7) is 2.65. The average Bonchev–Trinajstić information content (AvgIpc) is 2.72. The van der Waals surface area contributed by atoms with Crippen LogP contribution in [0.3, 0.4) is 0 Å². The highest BCUT2D eigenvalue weighted by Gasteiger charge is 2.10. The second-order valence-corrected chi connectivity index (χ2v) is 6.35. The lowest BCUT2D eigenvalue weighted by molar-refractivity contribution is 0.0988. The van der Waals surface area contributed by atoms with Crippen molar-refractivity contribution in [2.75, 3.05) is 11.1 Å². The lowest BCUT2D eigenvalue weighted by Crippen LogP contribution is -2.08. The molecule has 0 amide bonds. The van der Waals surface area contributed by atoms with Crippen LogP contribution in [-0.4, -0.2) is 20.7 Å². The van der Waals surface area contributed by atoms with Gasteiger partial charge in [-0.25, -0.2) is 9.97 Å². The predicted octanol–water partition coefficient (Wildman–Crippen LogP) is 3.91. The lowest BCUT2D eigenvalue weighted by atomic mass is 10.0. The summed E-state index contributed by atoms with van der Waals surface area (Å²) in [6, 6.07) is 11.6. The Morgan fingerprint density at radius 1 is 1.11 bits per heavy atom. The number of carbonyl (C=O) groups is 1. The number of hydrogen-bond acceptors (Lipinski definition) is 6. The van der Waals surface area contributed by atoms with Crippen LogP contribution >= 0.6 is 0 Å². The fraction of sp³-hybridized carbons (Fsp3) is 0.182. The van der Waals surface area contributed by atoms with E-state index in [2.05, 4.69) is 27.2 Å². The summed E-state index contributed by atoms with van der Waals surface area (Å²) in [5, 5.41) is 3.26. The number of ketones is 1. The maximum atomic E-state index is 12.5. The molecule has 0 aliphatic heterocycles. The Labute approximate surface area is 164 Å². The molecular weight excluding hydrogens is 350 g/mol. The van der Waals surface area contributed by atoms with Gasteiger partial charge < -0.3 is 11.1 Å². The Hall–Kier alpha value is -3.54. The van der Waals surface area contributed by atoms with E-state index in [0.29, 0.717) is 18.1 Å². The van der Waals surface area contributed by atoms with Crippen molar-refractivity contribution >= 4 is 23.4 Å². The molecule has 0 spiro atoms. The number of nitrogens with zero attached hydrogens (tertiary/aromatic N) is 3. The molecule has 2 heterocycles. The number of benzene rings is 1. The van der Waals surface area contributed by atoms with Crippen LogP contribution in [0, 0.1) is 0 Å². The van der Waals surface area contributed by atoms with E-state index in [1.165, 1.54) is 6.20 Å². The normalized spacial score (nSPS) is 10.9. The first-order chi connectivity index (χ1) is 13.7. The number of nitrogens with two attached hydrogens (primary N) is 1. The van der Waals surface area contributed by atoms with Crippen LogP contribution in [0.5, 0.6) is 0 Å². The number of aromatic nitrogens is 3. The zero-order valence-electron chi connectivity index (χ0n) is 15.8. The van der Waals surface area contributed by atoms with E-state index in [0.717, 1.165) is 28.9 Å². The van der Waals surface area contributed by atoms with Crippen molar-refractivity contribution in [3.63, 3.8) is 0 Å². The van der Waals surface area contributed by atoms with Gasteiger partial charge in [-0.05, 0) is 35.8 Å². The van der Waals surface area contributed by atoms with E-state index in [1.54, 1.807) is 12.4 Å². The smallest absolute Gasteiger partial charge is 0.187 e. The third-order valence-corrected chi connectivity index (χ3v) is 4.16. The topological polar surface area (TPSA) is 93.8 Å². The molecule has 0 radical (unpaired) electrons. The molecule has 0 aliphatic carbocycles. The van der Waals surface area contributed by atoms with Crippen molar-refractivity contribution < 1.29 is 4.79 Å². The minimum Gasteiger partial charge on any atom is -0.382 e. The van der Waals surface area contributed by atoms with E-state index in [9.17, 15) is 4.79 Å². The fourth-order valence-electron chi connectivity index (χ4n) is 2.70. The number of allylic oxidation sites excluding steroid dienone is 1. The molecule has 0 fully saturated rings. The van der Waals surface area contributed by atoms with Crippen molar-refractivity contribution in [3.8, 4) is 0 Å². The van der Waals surface area contributed by atoms with Crippen LogP contribution in [0.1, 0.15) is 40.7 Å². The summed E-state index contributed by atoms with van der Waals surface area (Å²) in [5.74, 6) is 0.407. The Balaban J connectivity index is 1.63. The van der Waals surface area contributed by atoms with E-state index in [-0.39, 0.29) is 12.2 Å². The maximum absolute atomic E-state index is 12.5. The molecule has 3 aromatic rings. The number of nitrogen functional groups attached to an aromatic ring is 1. The Kier molecular flexibility index (Phi) is 6.46. The van der Waals surface area contributed by atoms with Gasteiger partial charge in [-0.2, -0.15) is 0 Å². The molecule has 28 heavy (non-hydrogen) atoms. The quantitative estimate of drug-likeness (QED) is 0.581. The molecule has 142 valence electrons. The molecule has 6 nitrogen and oxygen atoms in total. The highest BCUT2D eigenvalue weighted by molar-refractivity contribution is 5.95. The molecule has 0 saturated heterocycles. The molecule has 0 bridgehead atoms. The SMILES string of the molecule is CC/C=C\c1cnc(C(=O)Cc2cccc(CNc3cccnc3N)c2)cn1. The number of hydrogen-bond donors (Lipinski definition) is 2. The van der Waals surface area contributed by atoms with E-state index < -0.39 is 0 Å². The van der Waals surface area contributed by atoms with Crippen LogP contribution in [0.15, 0.2) is 61.1 Å². The van der Waals surface area contributed by atoms with Crippen LogP contribution in [-0.2, 0) is 13.0 Å². The highest BCUT2D eigenvalue weighted by atomic mass is 16.1.